The predicted octanol–water partition coefficient (Wildman–Crippen LogP) is 2.88. The Kier molecular flexibility index (Phi) is 5.35. The molecule has 0 aromatic carbocycles. The Morgan fingerprint density at radius 3 is 2.44 bits per heavy atom. The molecule has 0 spiro atoms. The van der Waals surface area contributed by atoms with Crippen LogP contribution in [0.1, 0.15) is 27.2 Å². The summed E-state index contributed by atoms with van der Waals surface area (Å²) >= 11 is 0. The monoisotopic (exact) mass is 252 g/mol. The van der Waals surface area contributed by atoms with Crippen molar-refractivity contribution in [2.24, 2.45) is 5.92 Å². The van der Waals surface area contributed by atoms with Crippen LogP contribution in [0.5, 0.6) is 0 Å². The molecule has 1 rings (SSSR count). The summed E-state index contributed by atoms with van der Waals surface area (Å²) in [6.45, 7) is 7.59. The summed E-state index contributed by atoms with van der Waals surface area (Å²) in [5.74, 6) is 1.58. The first-order valence-corrected chi connectivity index (χ1v) is 6.21. The Morgan fingerprint density at radius 2 is 1.94 bits per heavy atom. The Bertz CT molecular complexity index is 409. The SMILES string of the molecule is CCNc1cc([N+](=O)[O-])cc(NCC(C)CC)n1. The van der Waals surface area contributed by atoms with Crippen LogP contribution >= 0.6 is 0 Å². The van der Waals surface area contributed by atoms with Gasteiger partial charge < -0.3 is 10.6 Å². The number of nitrogens with zero attached hydrogens (tertiary/aromatic N) is 2. The van der Waals surface area contributed by atoms with E-state index in [-0.39, 0.29) is 5.69 Å². The predicted molar refractivity (Wildman–Crippen MR) is 73.0 cm³/mol. The van der Waals surface area contributed by atoms with Gasteiger partial charge in [0.2, 0.25) is 0 Å². The van der Waals surface area contributed by atoms with E-state index in [4.69, 9.17) is 0 Å². The summed E-state index contributed by atoms with van der Waals surface area (Å²) < 4.78 is 0. The van der Waals surface area contributed by atoms with Gasteiger partial charge in [0.05, 0.1) is 17.1 Å². The minimum atomic E-state index is -0.406. The molecule has 1 aromatic heterocycles. The second-order valence-corrected chi connectivity index (χ2v) is 4.28. The van der Waals surface area contributed by atoms with Crippen LogP contribution in [0, 0.1) is 16.0 Å². The van der Waals surface area contributed by atoms with Gasteiger partial charge in [-0.05, 0) is 12.8 Å². The highest BCUT2D eigenvalue weighted by Gasteiger charge is 2.11. The molecule has 18 heavy (non-hydrogen) atoms. The topological polar surface area (TPSA) is 80.1 Å². The zero-order valence-corrected chi connectivity index (χ0v) is 11.1. The summed E-state index contributed by atoms with van der Waals surface area (Å²) in [5.41, 5.74) is 0.0487. The van der Waals surface area contributed by atoms with E-state index in [0.717, 1.165) is 13.0 Å². The molecule has 6 nitrogen and oxygen atoms in total. The fraction of sp³-hybridized carbons (Fsp3) is 0.583. The van der Waals surface area contributed by atoms with E-state index in [0.29, 0.717) is 24.1 Å². The largest absolute Gasteiger partial charge is 0.370 e. The molecule has 0 amide bonds. The normalized spacial score (nSPS) is 11.9. The number of nitrogens with one attached hydrogen (secondary N) is 2. The van der Waals surface area contributed by atoms with Gasteiger partial charge in [-0.3, -0.25) is 10.1 Å². The Balaban J connectivity index is 2.85. The molecule has 0 aliphatic rings. The highest BCUT2D eigenvalue weighted by Crippen LogP contribution is 2.20. The lowest BCUT2D eigenvalue weighted by Crippen LogP contribution is -2.12. The van der Waals surface area contributed by atoms with Crippen LogP contribution in [0.4, 0.5) is 17.3 Å². The summed E-state index contributed by atoms with van der Waals surface area (Å²) in [7, 11) is 0. The smallest absolute Gasteiger partial charge is 0.276 e. The molecule has 2 N–H and O–H groups in total. The summed E-state index contributed by atoms with van der Waals surface area (Å²) in [6, 6.07) is 2.90. The zero-order valence-electron chi connectivity index (χ0n) is 11.1. The van der Waals surface area contributed by atoms with Crippen molar-refractivity contribution in [2.45, 2.75) is 27.2 Å². The van der Waals surface area contributed by atoms with E-state index in [1.54, 1.807) is 0 Å². The highest BCUT2D eigenvalue weighted by atomic mass is 16.6. The van der Waals surface area contributed by atoms with Gasteiger partial charge in [0.25, 0.3) is 5.69 Å². The van der Waals surface area contributed by atoms with Crippen LogP contribution in [0.15, 0.2) is 12.1 Å². The van der Waals surface area contributed by atoms with Gasteiger partial charge in [0.1, 0.15) is 11.6 Å². The second-order valence-electron chi connectivity index (χ2n) is 4.28. The first-order valence-electron chi connectivity index (χ1n) is 6.21. The van der Waals surface area contributed by atoms with E-state index in [9.17, 15) is 10.1 Å². The summed E-state index contributed by atoms with van der Waals surface area (Å²) in [4.78, 5) is 14.7. The van der Waals surface area contributed by atoms with Crippen LogP contribution in [-0.2, 0) is 0 Å². The lowest BCUT2D eigenvalue weighted by Gasteiger charge is -2.11. The van der Waals surface area contributed by atoms with Gasteiger partial charge in [0.15, 0.2) is 0 Å². The third-order valence-corrected chi connectivity index (χ3v) is 2.71. The van der Waals surface area contributed by atoms with Crippen molar-refractivity contribution in [3.8, 4) is 0 Å². The maximum Gasteiger partial charge on any atom is 0.276 e. The lowest BCUT2D eigenvalue weighted by molar-refractivity contribution is -0.384. The van der Waals surface area contributed by atoms with Gasteiger partial charge in [-0.2, -0.15) is 0 Å². The molecule has 1 heterocycles. The number of rotatable bonds is 7. The van der Waals surface area contributed by atoms with E-state index in [2.05, 4.69) is 29.5 Å². The van der Waals surface area contributed by atoms with Crippen molar-refractivity contribution in [1.82, 2.24) is 4.98 Å². The van der Waals surface area contributed by atoms with Gasteiger partial charge >= 0.3 is 0 Å². The third kappa shape index (κ3) is 4.20. The molecular formula is C12H20N4O2. The average molecular weight is 252 g/mol. The number of hydrogen-bond acceptors (Lipinski definition) is 5. The fourth-order valence-corrected chi connectivity index (χ4v) is 1.41. The quantitative estimate of drug-likeness (QED) is 0.576. The van der Waals surface area contributed by atoms with Crippen LogP contribution in [0.2, 0.25) is 0 Å². The highest BCUT2D eigenvalue weighted by molar-refractivity contribution is 5.54. The Morgan fingerprint density at radius 1 is 1.33 bits per heavy atom. The molecule has 0 bridgehead atoms. The van der Waals surface area contributed by atoms with E-state index in [1.807, 2.05) is 6.92 Å². The Labute approximate surface area is 107 Å². The molecule has 0 aliphatic heterocycles. The number of anilines is 2. The minimum Gasteiger partial charge on any atom is -0.370 e. The number of pyridine rings is 1. The van der Waals surface area contributed by atoms with Gasteiger partial charge in [0, 0.05) is 13.1 Å². The van der Waals surface area contributed by atoms with E-state index >= 15 is 0 Å². The van der Waals surface area contributed by atoms with Crippen molar-refractivity contribution in [2.75, 3.05) is 23.7 Å². The van der Waals surface area contributed by atoms with Crippen molar-refractivity contribution < 1.29 is 4.92 Å². The van der Waals surface area contributed by atoms with Crippen LogP contribution in [0.3, 0.4) is 0 Å². The Hall–Kier alpha value is -1.85. The van der Waals surface area contributed by atoms with Gasteiger partial charge in [-0.25, -0.2) is 4.98 Å². The summed E-state index contributed by atoms with van der Waals surface area (Å²) in [6.07, 6.45) is 1.06. The van der Waals surface area contributed by atoms with Crippen molar-refractivity contribution in [3.63, 3.8) is 0 Å². The number of nitro groups is 1. The van der Waals surface area contributed by atoms with Gasteiger partial charge in [-0.1, -0.05) is 20.3 Å². The minimum absolute atomic E-state index is 0.0487. The standard InChI is InChI=1S/C12H20N4O2/c1-4-9(3)8-14-12-7-10(16(17)18)6-11(15-12)13-5-2/h6-7,9H,4-5,8H2,1-3H3,(H2,13,14,15). The van der Waals surface area contributed by atoms with Crippen molar-refractivity contribution in [1.29, 1.82) is 0 Å². The van der Waals surface area contributed by atoms with Gasteiger partial charge in [-0.15, -0.1) is 0 Å². The molecule has 0 saturated heterocycles. The molecule has 0 aliphatic carbocycles. The fourth-order valence-electron chi connectivity index (χ4n) is 1.41. The zero-order chi connectivity index (χ0) is 13.5. The first kappa shape index (κ1) is 14.2. The molecular weight excluding hydrogens is 232 g/mol. The maximum absolute atomic E-state index is 10.8. The van der Waals surface area contributed by atoms with Crippen LogP contribution in [0.25, 0.3) is 0 Å². The van der Waals surface area contributed by atoms with E-state index in [1.165, 1.54) is 12.1 Å². The van der Waals surface area contributed by atoms with Crippen LogP contribution in [-0.4, -0.2) is 23.0 Å². The molecule has 1 aromatic rings. The molecule has 0 fully saturated rings. The van der Waals surface area contributed by atoms with Crippen molar-refractivity contribution in [3.05, 3.63) is 22.2 Å². The number of hydrogen-bond donors (Lipinski definition) is 2. The van der Waals surface area contributed by atoms with Crippen molar-refractivity contribution >= 4 is 17.3 Å². The van der Waals surface area contributed by atoms with Crippen LogP contribution < -0.4 is 10.6 Å². The van der Waals surface area contributed by atoms with E-state index < -0.39 is 4.92 Å². The molecule has 0 saturated carbocycles. The number of aromatic nitrogens is 1. The molecule has 100 valence electrons. The lowest BCUT2D eigenvalue weighted by atomic mass is 10.1. The summed E-state index contributed by atoms with van der Waals surface area (Å²) in [5, 5.41) is 16.9. The first-order chi connectivity index (χ1) is 8.56. The average Bonchev–Trinajstić information content (AvgIpc) is 2.36. The maximum atomic E-state index is 10.8. The molecule has 0 radical (unpaired) electrons. The molecule has 1 atom stereocenters. The second kappa shape index (κ2) is 6.78. The third-order valence-electron chi connectivity index (χ3n) is 2.71. The molecule has 6 heteroatoms. The molecule has 1 unspecified atom stereocenters.